The molecule has 0 radical (unpaired) electrons. The third-order valence-electron chi connectivity index (χ3n) is 4.54. The summed E-state index contributed by atoms with van der Waals surface area (Å²) in [4.78, 5) is 52.7. The molecule has 0 aliphatic carbocycles. The van der Waals surface area contributed by atoms with Crippen molar-refractivity contribution in [3.05, 3.63) is 29.6 Å². The minimum absolute atomic E-state index is 0.0565. The number of ether oxygens (including phenoxy) is 1. The molecule has 0 aliphatic heterocycles. The normalized spacial score (nSPS) is 12.0. The lowest BCUT2D eigenvalue weighted by Crippen LogP contribution is -2.48. The molecular weight excluding hydrogens is 410 g/mol. The second-order valence-electron chi connectivity index (χ2n) is 7.05. The maximum atomic E-state index is 11.7. The van der Waals surface area contributed by atoms with Gasteiger partial charge in [0, 0.05) is 19.1 Å². The van der Waals surface area contributed by atoms with Crippen LogP contribution in [0.1, 0.15) is 42.4 Å². The number of aromatic nitrogens is 1. The van der Waals surface area contributed by atoms with Gasteiger partial charge in [-0.15, -0.1) is 0 Å². The summed E-state index contributed by atoms with van der Waals surface area (Å²) in [5, 5.41) is 27.7. The number of hydrogen-bond donors (Lipinski definition) is 3. The van der Waals surface area contributed by atoms with E-state index < -0.39 is 36.5 Å². The highest BCUT2D eigenvalue weighted by Crippen LogP contribution is 2.15. The zero-order valence-corrected chi connectivity index (χ0v) is 17.7. The molecule has 0 aliphatic rings. The lowest BCUT2D eigenvalue weighted by atomic mass is 10.1. The number of carbonyl (C=O) groups excluding carboxylic acids is 1. The van der Waals surface area contributed by atoms with E-state index in [-0.39, 0.29) is 31.9 Å². The molecule has 3 N–H and O–H groups in total. The van der Waals surface area contributed by atoms with E-state index in [1.807, 2.05) is 6.92 Å². The molecule has 31 heavy (non-hydrogen) atoms. The molecule has 0 saturated carbocycles. The van der Waals surface area contributed by atoms with E-state index in [4.69, 9.17) is 5.11 Å². The molecule has 0 aromatic carbocycles. The van der Waals surface area contributed by atoms with Crippen LogP contribution in [0.5, 0.6) is 0 Å². The van der Waals surface area contributed by atoms with Gasteiger partial charge in [-0.2, -0.15) is 0 Å². The maximum absolute atomic E-state index is 11.7. The van der Waals surface area contributed by atoms with Gasteiger partial charge in [0.25, 0.3) is 0 Å². The van der Waals surface area contributed by atoms with Crippen molar-refractivity contribution in [2.24, 2.45) is 0 Å². The molecule has 1 aromatic rings. The number of carboxylic acids is 3. The molecule has 0 saturated heterocycles. The molecule has 1 rings (SSSR count). The highest BCUT2D eigenvalue weighted by molar-refractivity contribution is 5.85. The standard InChI is InChI=1S/C20H29N3O8/c1-3-4-7-15(10-22(11-17(24)25)13-19(28)31-2)23(12-18(26)27)9-14-6-5-8-16(21-14)20(29)30/h5-6,8,15H,3-4,7,9-13H2,1-2H3,(H,24,25)(H,26,27)(H,29,30). The topological polar surface area (TPSA) is 158 Å². The molecule has 1 unspecified atom stereocenters. The number of pyridine rings is 1. The third kappa shape index (κ3) is 10.0. The van der Waals surface area contributed by atoms with E-state index in [1.54, 1.807) is 11.0 Å². The van der Waals surface area contributed by atoms with E-state index in [1.165, 1.54) is 24.1 Å². The summed E-state index contributed by atoms with van der Waals surface area (Å²) in [6.07, 6.45) is 2.14. The van der Waals surface area contributed by atoms with Crippen LogP contribution in [0.2, 0.25) is 0 Å². The van der Waals surface area contributed by atoms with Crippen molar-refractivity contribution in [3.8, 4) is 0 Å². The minimum Gasteiger partial charge on any atom is -0.480 e. The van der Waals surface area contributed by atoms with Gasteiger partial charge >= 0.3 is 23.9 Å². The van der Waals surface area contributed by atoms with Gasteiger partial charge in [0.15, 0.2) is 0 Å². The van der Waals surface area contributed by atoms with Crippen molar-refractivity contribution in [1.29, 1.82) is 0 Å². The first-order valence-corrected chi connectivity index (χ1v) is 9.82. The summed E-state index contributed by atoms with van der Waals surface area (Å²) >= 11 is 0. The summed E-state index contributed by atoms with van der Waals surface area (Å²) in [5.41, 5.74) is 0.219. The molecule has 172 valence electrons. The van der Waals surface area contributed by atoms with Gasteiger partial charge in [0.1, 0.15) is 5.69 Å². The van der Waals surface area contributed by atoms with Crippen molar-refractivity contribution in [1.82, 2.24) is 14.8 Å². The van der Waals surface area contributed by atoms with E-state index in [2.05, 4.69) is 9.72 Å². The van der Waals surface area contributed by atoms with Crippen LogP contribution in [0, 0.1) is 0 Å². The molecule has 0 amide bonds. The van der Waals surface area contributed by atoms with Gasteiger partial charge in [-0.05, 0) is 18.6 Å². The molecule has 1 heterocycles. The van der Waals surface area contributed by atoms with Crippen LogP contribution < -0.4 is 0 Å². The summed E-state index contributed by atoms with van der Waals surface area (Å²) in [5.74, 6) is -4.01. The number of methoxy groups -OCH3 is 1. The van der Waals surface area contributed by atoms with Crippen LogP contribution in [-0.4, -0.2) is 93.3 Å². The number of esters is 1. The van der Waals surface area contributed by atoms with Crippen molar-refractivity contribution < 1.29 is 39.2 Å². The predicted octanol–water partition coefficient (Wildman–Crippen LogP) is 0.785. The Kier molecular flexibility index (Phi) is 11.1. The number of unbranched alkanes of at least 4 members (excludes halogenated alkanes) is 1. The molecule has 11 nitrogen and oxygen atoms in total. The van der Waals surface area contributed by atoms with Crippen LogP contribution in [0.4, 0.5) is 0 Å². The second-order valence-corrected chi connectivity index (χ2v) is 7.05. The van der Waals surface area contributed by atoms with Gasteiger partial charge in [-0.25, -0.2) is 9.78 Å². The average Bonchev–Trinajstić information content (AvgIpc) is 2.69. The summed E-state index contributed by atoms with van der Waals surface area (Å²) in [6.45, 7) is 1.13. The van der Waals surface area contributed by atoms with Crippen molar-refractivity contribution in [2.45, 2.75) is 38.8 Å². The Bertz CT molecular complexity index is 771. The minimum atomic E-state index is -1.19. The van der Waals surface area contributed by atoms with Crippen molar-refractivity contribution in [3.63, 3.8) is 0 Å². The zero-order chi connectivity index (χ0) is 23.4. The highest BCUT2D eigenvalue weighted by atomic mass is 16.5. The first-order valence-electron chi connectivity index (χ1n) is 9.82. The Morgan fingerprint density at radius 2 is 1.74 bits per heavy atom. The molecule has 1 atom stereocenters. The molecule has 0 spiro atoms. The number of carbonyl (C=O) groups is 4. The third-order valence-corrected chi connectivity index (χ3v) is 4.54. The first-order chi connectivity index (χ1) is 14.7. The SMILES string of the molecule is CCCCC(CN(CC(=O)O)CC(=O)OC)N(CC(=O)O)Cc1cccc(C(=O)O)n1. The zero-order valence-electron chi connectivity index (χ0n) is 17.7. The Balaban J connectivity index is 3.16. The fourth-order valence-corrected chi connectivity index (χ4v) is 3.13. The number of aliphatic carboxylic acids is 2. The number of rotatable bonds is 15. The van der Waals surface area contributed by atoms with Gasteiger partial charge in [-0.1, -0.05) is 25.8 Å². The van der Waals surface area contributed by atoms with Gasteiger partial charge in [0.05, 0.1) is 32.4 Å². The first kappa shape index (κ1) is 26.0. The Morgan fingerprint density at radius 1 is 1.06 bits per heavy atom. The summed E-state index contributed by atoms with van der Waals surface area (Å²) < 4.78 is 4.63. The second kappa shape index (κ2) is 13.3. The Hall–Kier alpha value is -3.05. The van der Waals surface area contributed by atoms with E-state index in [0.717, 1.165) is 12.8 Å². The molecule has 11 heteroatoms. The lowest BCUT2D eigenvalue weighted by molar-refractivity contribution is -0.145. The van der Waals surface area contributed by atoms with Crippen molar-refractivity contribution >= 4 is 23.9 Å². The van der Waals surface area contributed by atoms with Gasteiger partial charge in [0.2, 0.25) is 0 Å². The number of nitrogens with zero attached hydrogens (tertiary/aromatic N) is 3. The number of aromatic carboxylic acids is 1. The highest BCUT2D eigenvalue weighted by Gasteiger charge is 2.26. The van der Waals surface area contributed by atoms with Gasteiger partial charge < -0.3 is 20.1 Å². The smallest absolute Gasteiger partial charge is 0.354 e. The molecular formula is C20H29N3O8. The van der Waals surface area contributed by atoms with Crippen LogP contribution in [0.25, 0.3) is 0 Å². The monoisotopic (exact) mass is 439 g/mol. The van der Waals surface area contributed by atoms with E-state index in [9.17, 15) is 29.4 Å². The maximum Gasteiger partial charge on any atom is 0.354 e. The molecule has 0 bridgehead atoms. The van der Waals surface area contributed by atoms with Crippen LogP contribution in [0.3, 0.4) is 0 Å². The van der Waals surface area contributed by atoms with Crippen LogP contribution >= 0.6 is 0 Å². The number of carboxylic acid groups (broad SMARTS) is 3. The Morgan fingerprint density at radius 3 is 2.29 bits per heavy atom. The van der Waals surface area contributed by atoms with Crippen molar-refractivity contribution in [2.75, 3.05) is 33.3 Å². The summed E-state index contributed by atoms with van der Waals surface area (Å²) in [6, 6.07) is 4.06. The fraction of sp³-hybridized carbons (Fsp3) is 0.550. The van der Waals surface area contributed by atoms with Gasteiger partial charge in [-0.3, -0.25) is 24.2 Å². The predicted molar refractivity (Wildman–Crippen MR) is 109 cm³/mol. The lowest BCUT2D eigenvalue weighted by Gasteiger charge is -2.34. The molecule has 0 fully saturated rings. The number of hydrogen-bond acceptors (Lipinski definition) is 8. The largest absolute Gasteiger partial charge is 0.480 e. The fourth-order valence-electron chi connectivity index (χ4n) is 3.13. The quantitative estimate of drug-likeness (QED) is 0.332. The summed E-state index contributed by atoms with van der Waals surface area (Å²) in [7, 11) is 1.20. The Labute approximate surface area is 180 Å². The molecule has 1 aromatic heterocycles. The average molecular weight is 439 g/mol. The van der Waals surface area contributed by atoms with Crippen LogP contribution in [-0.2, 0) is 25.7 Å². The van der Waals surface area contributed by atoms with Crippen LogP contribution in [0.15, 0.2) is 18.2 Å². The van der Waals surface area contributed by atoms with E-state index in [0.29, 0.717) is 12.1 Å². The van der Waals surface area contributed by atoms with E-state index >= 15 is 0 Å².